The molecule has 3 rings (SSSR count). The lowest BCUT2D eigenvalue weighted by Gasteiger charge is -2.31. The number of esters is 1. The number of nitrogens with zero attached hydrogens (tertiary/aromatic N) is 1. The van der Waals surface area contributed by atoms with Crippen molar-refractivity contribution in [2.24, 2.45) is 0 Å². The maximum atomic E-state index is 11.8. The number of likely N-dealkylation sites (tertiary alicyclic amines) is 1. The van der Waals surface area contributed by atoms with Crippen LogP contribution in [-0.4, -0.2) is 41.9 Å². The summed E-state index contributed by atoms with van der Waals surface area (Å²) in [7, 11) is 0. The van der Waals surface area contributed by atoms with Gasteiger partial charge in [0, 0.05) is 29.5 Å². The quantitative estimate of drug-likeness (QED) is 0.355. The van der Waals surface area contributed by atoms with Crippen LogP contribution in [-0.2, 0) is 15.1 Å². The summed E-state index contributed by atoms with van der Waals surface area (Å²) in [6, 6.07) is 19.0. The Bertz CT molecular complexity index is 864. The van der Waals surface area contributed by atoms with Crippen molar-refractivity contribution in [1.29, 1.82) is 0 Å². The molecule has 1 N–H and O–H groups in total. The van der Waals surface area contributed by atoms with Crippen LogP contribution < -0.4 is 0 Å². The number of benzene rings is 2. The second-order valence-electron chi connectivity index (χ2n) is 7.74. The number of quaternary nitrogens is 1. The molecule has 0 amide bonds. The lowest BCUT2D eigenvalue weighted by atomic mass is 9.87. The summed E-state index contributed by atoms with van der Waals surface area (Å²) >= 11 is 0. The second-order valence-corrected chi connectivity index (χ2v) is 7.74. The van der Waals surface area contributed by atoms with Gasteiger partial charge in [0.25, 0.3) is 0 Å². The smallest absolute Gasteiger partial charge is 0.337 e. The van der Waals surface area contributed by atoms with Crippen molar-refractivity contribution in [2.45, 2.75) is 25.4 Å². The molecule has 0 atom stereocenters. The predicted molar refractivity (Wildman–Crippen MR) is 114 cm³/mol. The van der Waals surface area contributed by atoms with Crippen LogP contribution in [0.4, 0.5) is 0 Å². The Morgan fingerprint density at radius 1 is 1.07 bits per heavy atom. The monoisotopic (exact) mass is 390 g/mol. The molecule has 2 aromatic carbocycles. The number of ether oxygens (including phenoxy) is 1. The number of hydrogen-bond acceptors (Lipinski definition) is 3. The van der Waals surface area contributed by atoms with Crippen LogP contribution in [0, 0.1) is 11.8 Å². The van der Waals surface area contributed by atoms with Crippen molar-refractivity contribution in [3.8, 4) is 11.8 Å². The fraction of sp³-hybridized carbons (Fsp3) is 0.320. The van der Waals surface area contributed by atoms with E-state index in [0.29, 0.717) is 16.6 Å². The van der Waals surface area contributed by atoms with Gasteiger partial charge >= 0.3 is 5.97 Å². The van der Waals surface area contributed by atoms with Gasteiger partial charge in [0.05, 0.1) is 13.1 Å². The molecule has 1 fully saturated rings. The topological polar surface area (TPSA) is 46.5 Å². The van der Waals surface area contributed by atoms with Crippen molar-refractivity contribution >= 4 is 5.97 Å². The van der Waals surface area contributed by atoms with E-state index in [2.05, 4.69) is 18.4 Å². The molecule has 0 unspecified atom stereocenters. The molecule has 2 aromatic rings. The molecule has 150 valence electrons. The molecule has 1 saturated heterocycles. The van der Waals surface area contributed by atoms with Crippen molar-refractivity contribution in [2.75, 3.05) is 26.4 Å². The zero-order valence-electron chi connectivity index (χ0n) is 16.9. The van der Waals surface area contributed by atoms with Crippen molar-refractivity contribution in [1.82, 2.24) is 0 Å². The van der Waals surface area contributed by atoms with E-state index in [4.69, 9.17) is 4.74 Å². The van der Waals surface area contributed by atoms with Gasteiger partial charge in [-0.3, -0.25) is 4.48 Å². The molecule has 0 aromatic heterocycles. The highest BCUT2D eigenvalue weighted by atomic mass is 16.5. The molecule has 1 heterocycles. The van der Waals surface area contributed by atoms with E-state index < -0.39 is 5.60 Å². The third kappa shape index (κ3) is 4.95. The van der Waals surface area contributed by atoms with Gasteiger partial charge in [0.15, 0.2) is 5.60 Å². The Kier molecular flexibility index (Phi) is 6.53. The maximum absolute atomic E-state index is 11.8. The highest BCUT2D eigenvalue weighted by Gasteiger charge is 2.34. The zero-order chi connectivity index (χ0) is 20.7. The first kappa shape index (κ1) is 20.9. The van der Waals surface area contributed by atoms with Crippen molar-refractivity contribution in [3.63, 3.8) is 0 Å². The molecule has 1 aliphatic rings. The zero-order valence-corrected chi connectivity index (χ0v) is 16.9. The maximum Gasteiger partial charge on any atom is 0.337 e. The predicted octanol–water partition coefficient (Wildman–Crippen LogP) is 3.61. The van der Waals surface area contributed by atoms with E-state index in [1.807, 2.05) is 60.7 Å². The van der Waals surface area contributed by atoms with Crippen LogP contribution in [0.2, 0.25) is 0 Å². The first-order valence-electron chi connectivity index (χ1n) is 9.96. The molecular formula is C25H28NO3+. The highest BCUT2D eigenvalue weighted by molar-refractivity contribution is 5.86. The summed E-state index contributed by atoms with van der Waals surface area (Å²) in [5.74, 6) is 5.97. The van der Waals surface area contributed by atoms with Gasteiger partial charge in [-0.15, -0.1) is 0 Å². The summed E-state index contributed by atoms with van der Waals surface area (Å²) in [5.41, 5.74) is 0.484. The van der Waals surface area contributed by atoms with E-state index in [1.165, 1.54) is 0 Å². The van der Waals surface area contributed by atoms with Gasteiger partial charge in [-0.2, -0.15) is 0 Å². The normalized spacial score (nSPS) is 15.2. The van der Waals surface area contributed by atoms with Crippen LogP contribution >= 0.6 is 0 Å². The number of carbonyl (C=O) groups excluding carboxylic acids is 1. The summed E-state index contributed by atoms with van der Waals surface area (Å²) in [6.45, 7) is 7.92. The highest BCUT2D eigenvalue weighted by Crippen LogP contribution is 2.29. The van der Waals surface area contributed by atoms with E-state index in [1.54, 1.807) is 6.92 Å². The summed E-state index contributed by atoms with van der Waals surface area (Å²) in [5, 5.41) is 11.5. The number of rotatable bonds is 6. The molecule has 29 heavy (non-hydrogen) atoms. The Morgan fingerprint density at radius 3 is 2.07 bits per heavy atom. The minimum atomic E-state index is -1.39. The Labute approximate surface area is 173 Å². The fourth-order valence-electron chi connectivity index (χ4n) is 3.66. The lowest BCUT2D eigenvalue weighted by Crippen LogP contribution is -2.48. The van der Waals surface area contributed by atoms with E-state index in [-0.39, 0.29) is 12.7 Å². The largest absolute Gasteiger partial charge is 0.412 e. The molecule has 4 heteroatoms. The van der Waals surface area contributed by atoms with E-state index in [9.17, 15) is 9.90 Å². The van der Waals surface area contributed by atoms with Crippen LogP contribution in [0.3, 0.4) is 0 Å². The van der Waals surface area contributed by atoms with E-state index in [0.717, 1.165) is 37.1 Å². The molecule has 0 spiro atoms. The number of carbonyl (C=O) groups is 1. The molecule has 1 aliphatic heterocycles. The summed E-state index contributed by atoms with van der Waals surface area (Å²) in [6.07, 6.45) is 2.15. The molecular weight excluding hydrogens is 362 g/mol. The Hall–Kier alpha value is -2.87. The lowest BCUT2D eigenvalue weighted by molar-refractivity contribution is -0.926. The summed E-state index contributed by atoms with van der Waals surface area (Å²) in [4.78, 5) is 11.8. The molecule has 0 aliphatic carbocycles. The average molecular weight is 391 g/mol. The Morgan fingerprint density at radius 2 is 1.59 bits per heavy atom. The van der Waals surface area contributed by atoms with Crippen LogP contribution in [0.25, 0.3) is 0 Å². The van der Waals surface area contributed by atoms with Gasteiger partial charge in [-0.05, 0) is 12.8 Å². The van der Waals surface area contributed by atoms with Gasteiger partial charge in [-0.1, -0.05) is 73.2 Å². The third-order valence-corrected chi connectivity index (χ3v) is 5.40. The van der Waals surface area contributed by atoms with E-state index >= 15 is 0 Å². The fourth-order valence-corrected chi connectivity index (χ4v) is 3.66. The van der Waals surface area contributed by atoms with Gasteiger partial charge in [0.2, 0.25) is 6.73 Å². The van der Waals surface area contributed by atoms with Crippen LogP contribution in [0.5, 0.6) is 0 Å². The molecule has 4 nitrogen and oxygen atoms in total. The minimum absolute atomic E-state index is 0.287. The Balaban J connectivity index is 1.85. The van der Waals surface area contributed by atoms with Crippen molar-refractivity contribution < 1.29 is 19.1 Å². The average Bonchev–Trinajstić information content (AvgIpc) is 3.22. The van der Waals surface area contributed by atoms with Gasteiger partial charge in [0.1, 0.15) is 6.54 Å². The number of hydrogen-bond donors (Lipinski definition) is 1. The van der Waals surface area contributed by atoms with Gasteiger partial charge in [-0.25, -0.2) is 4.79 Å². The molecule has 0 saturated carbocycles. The van der Waals surface area contributed by atoms with Crippen LogP contribution in [0.1, 0.15) is 30.9 Å². The molecule has 0 bridgehead atoms. The van der Waals surface area contributed by atoms with Crippen molar-refractivity contribution in [3.05, 3.63) is 83.9 Å². The SMILES string of the molecule is C=C(C)C(=O)OC[N+]1(CC#CC(O)(c2ccccc2)c2ccccc2)CCCC1. The van der Waals surface area contributed by atoms with Crippen LogP contribution in [0.15, 0.2) is 72.8 Å². The second kappa shape index (κ2) is 9.09. The first-order valence-corrected chi connectivity index (χ1v) is 9.96. The first-order chi connectivity index (χ1) is 14.0. The number of aliphatic hydroxyl groups is 1. The standard InChI is InChI=1S/C25H28NO3/c1-21(2)24(27)29-20-26(17-9-10-18-26)19-11-16-25(28,22-12-5-3-6-13-22)23-14-7-4-8-15-23/h3-8,12-15,28H,1,9-10,17-20H2,2H3/q+1. The molecule has 0 radical (unpaired) electrons. The third-order valence-electron chi connectivity index (χ3n) is 5.40. The summed E-state index contributed by atoms with van der Waals surface area (Å²) < 4.78 is 6.05. The minimum Gasteiger partial charge on any atom is -0.412 e. The van der Waals surface area contributed by atoms with Gasteiger partial charge < -0.3 is 9.84 Å².